The number of hydrogen-bond acceptors (Lipinski definition) is 3. The second-order valence-corrected chi connectivity index (χ2v) is 7.01. The van der Waals surface area contributed by atoms with Gasteiger partial charge in [-0.3, -0.25) is 4.79 Å². The van der Waals surface area contributed by atoms with Crippen molar-refractivity contribution in [3.8, 4) is 6.07 Å². The van der Waals surface area contributed by atoms with E-state index in [1.807, 2.05) is 28.1 Å². The molecule has 0 radical (unpaired) electrons. The molecule has 1 saturated carbocycles. The average molecular weight is 315 g/mol. The first-order valence-electron chi connectivity index (χ1n) is 8.14. The van der Waals surface area contributed by atoms with Crippen LogP contribution in [0.5, 0.6) is 0 Å². The molecule has 0 saturated heterocycles. The Morgan fingerprint density at radius 1 is 1.39 bits per heavy atom. The SMILES string of the molecule is CN(C)c1ccc(C[NH+](C)CC(=O)N[C@@](C)(C#N)C2CC2)cc1. The quantitative estimate of drug-likeness (QED) is 0.774. The summed E-state index contributed by atoms with van der Waals surface area (Å²) in [7, 11) is 6.03. The fourth-order valence-corrected chi connectivity index (χ4v) is 2.81. The van der Waals surface area contributed by atoms with E-state index in [0.717, 1.165) is 24.3 Å². The number of nitrogens with one attached hydrogen (secondary N) is 2. The first-order valence-corrected chi connectivity index (χ1v) is 8.14. The average Bonchev–Trinajstić information content (AvgIpc) is 3.32. The van der Waals surface area contributed by atoms with Gasteiger partial charge in [0.05, 0.1) is 13.1 Å². The van der Waals surface area contributed by atoms with Crippen molar-refractivity contribution in [2.24, 2.45) is 5.92 Å². The molecule has 0 aliphatic heterocycles. The number of benzene rings is 1. The summed E-state index contributed by atoms with van der Waals surface area (Å²) in [6, 6.07) is 10.6. The van der Waals surface area contributed by atoms with Gasteiger partial charge in [0.2, 0.25) is 0 Å². The van der Waals surface area contributed by atoms with E-state index in [1.54, 1.807) is 0 Å². The number of amides is 1. The van der Waals surface area contributed by atoms with Crippen LogP contribution in [0.1, 0.15) is 25.3 Å². The Kier molecular flexibility index (Phi) is 5.27. The predicted molar refractivity (Wildman–Crippen MR) is 91.1 cm³/mol. The van der Waals surface area contributed by atoms with Crippen LogP contribution in [-0.4, -0.2) is 39.1 Å². The van der Waals surface area contributed by atoms with Crippen molar-refractivity contribution in [3.63, 3.8) is 0 Å². The van der Waals surface area contributed by atoms with Crippen LogP contribution in [0.4, 0.5) is 5.69 Å². The Morgan fingerprint density at radius 2 is 2.00 bits per heavy atom. The minimum Gasteiger partial charge on any atom is -0.378 e. The van der Waals surface area contributed by atoms with Crippen LogP contribution in [0.25, 0.3) is 0 Å². The second kappa shape index (κ2) is 7.01. The lowest BCUT2D eigenvalue weighted by Gasteiger charge is -2.23. The molecule has 2 rings (SSSR count). The molecule has 1 aliphatic carbocycles. The largest absolute Gasteiger partial charge is 0.378 e. The third-order valence-corrected chi connectivity index (χ3v) is 4.45. The van der Waals surface area contributed by atoms with Crippen LogP contribution < -0.4 is 15.1 Å². The van der Waals surface area contributed by atoms with Gasteiger partial charge in [-0.25, -0.2) is 0 Å². The zero-order valence-corrected chi connectivity index (χ0v) is 14.5. The van der Waals surface area contributed by atoms with Crippen molar-refractivity contribution >= 4 is 11.6 Å². The van der Waals surface area contributed by atoms with E-state index < -0.39 is 5.54 Å². The minimum atomic E-state index is -0.704. The number of nitriles is 1. The van der Waals surface area contributed by atoms with Gasteiger partial charge in [-0.1, -0.05) is 12.1 Å². The molecule has 0 aromatic heterocycles. The molecule has 2 atom stereocenters. The first kappa shape index (κ1) is 17.3. The molecule has 1 fully saturated rings. The van der Waals surface area contributed by atoms with E-state index in [4.69, 9.17) is 0 Å². The Labute approximate surface area is 138 Å². The molecule has 5 nitrogen and oxygen atoms in total. The number of likely N-dealkylation sites (N-methyl/N-ethyl adjacent to an activating group) is 1. The van der Waals surface area contributed by atoms with Crippen molar-refractivity contribution in [1.29, 1.82) is 5.26 Å². The predicted octanol–water partition coefficient (Wildman–Crippen LogP) is 0.576. The van der Waals surface area contributed by atoms with Gasteiger partial charge in [0, 0.05) is 25.3 Å². The van der Waals surface area contributed by atoms with Gasteiger partial charge in [0.15, 0.2) is 6.54 Å². The zero-order chi connectivity index (χ0) is 17.0. The van der Waals surface area contributed by atoms with Crippen molar-refractivity contribution < 1.29 is 9.69 Å². The summed E-state index contributed by atoms with van der Waals surface area (Å²) in [6.45, 7) is 2.99. The van der Waals surface area contributed by atoms with E-state index in [1.165, 1.54) is 11.3 Å². The maximum absolute atomic E-state index is 12.2. The van der Waals surface area contributed by atoms with Gasteiger partial charge >= 0.3 is 0 Å². The van der Waals surface area contributed by atoms with Crippen molar-refractivity contribution in [2.45, 2.75) is 31.8 Å². The molecular formula is C18H27N4O+. The van der Waals surface area contributed by atoms with Crippen LogP contribution in [0.3, 0.4) is 0 Å². The van der Waals surface area contributed by atoms with Crippen LogP contribution >= 0.6 is 0 Å². The molecule has 23 heavy (non-hydrogen) atoms. The standard InChI is InChI=1S/C18H26N4O/c1-18(13-19,15-7-8-15)20-17(23)12-22(4)11-14-5-9-16(10-6-14)21(2)3/h5-6,9-10,15H,7-8,11-12H2,1-4H3,(H,20,23)/p+1/t18-/m0/s1. The minimum absolute atomic E-state index is 0.0524. The van der Waals surface area contributed by atoms with E-state index >= 15 is 0 Å². The van der Waals surface area contributed by atoms with Gasteiger partial charge in [-0.2, -0.15) is 5.26 Å². The van der Waals surface area contributed by atoms with Crippen molar-refractivity contribution in [2.75, 3.05) is 32.6 Å². The number of nitrogens with zero attached hydrogens (tertiary/aromatic N) is 2. The Balaban J connectivity index is 1.85. The summed E-state index contributed by atoms with van der Waals surface area (Å²) < 4.78 is 0. The van der Waals surface area contributed by atoms with Gasteiger partial charge in [-0.15, -0.1) is 0 Å². The zero-order valence-electron chi connectivity index (χ0n) is 14.5. The van der Waals surface area contributed by atoms with Gasteiger partial charge in [-0.05, 0) is 37.8 Å². The second-order valence-electron chi connectivity index (χ2n) is 7.01. The maximum atomic E-state index is 12.2. The van der Waals surface area contributed by atoms with Gasteiger partial charge < -0.3 is 15.1 Å². The molecular weight excluding hydrogens is 288 g/mol. The summed E-state index contributed by atoms with van der Waals surface area (Å²) in [4.78, 5) is 15.4. The lowest BCUT2D eigenvalue weighted by Crippen LogP contribution is -3.09. The lowest BCUT2D eigenvalue weighted by atomic mass is 9.98. The summed E-state index contributed by atoms with van der Waals surface area (Å²) in [5, 5.41) is 12.2. The monoisotopic (exact) mass is 315 g/mol. The highest BCUT2D eigenvalue weighted by Gasteiger charge is 2.43. The van der Waals surface area contributed by atoms with Crippen LogP contribution in [0, 0.1) is 17.2 Å². The van der Waals surface area contributed by atoms with E-state index in [-0.39, 0.29) is 5.91 Å². The number of rotatable bonds is 7. The molecule has 0 spiro atoms. The summed E-state index contributed by atoms with van der Waals surface area (Å²) in [5.41, 5.74) is 1.66. The summed E-state index contributed by atoms with van der Waals surface area (Å²) in [6.07, 6.45) is 2.07. The highest BCUT2D eigenvalue weighted by Crippen LogP contribution is 2.39. The first-order chi connectivity index (χ1) is 10.8. The molecule has 0 bridgehead atoms. The van der Waals surface area contributed by atoms with Crippen molar-refractivity contribution in [3.05, 3.63) is 29.8 Å². The normalized spacial score (nSPS) is 17.7. The fourth-order valence-electron chi connectivity index (χ4n) is 2.81. The van der Waals surface area contributed by atoms with Crippen LogP contribution in [-0.2, 0) is 11.3 Å². The van der Waals surface area contributed by atoms with E-state index in [9.17, 15) is 10.1 Å². The third kappa shape index (κ3) is 4.70. The van der Waals surface area contributed by atoms with Crippen LogP contribution in [0.15, 0.2) is 24.3 Å². The van der Waals surface area contributed by atoms with E-state index in [0.29, 0.717) is 12.5 Å². The Hall–Kier alpha value is -2.06. The molecule has 1 unspecified atom stereocenters. The number of anilines is 1. The molecule has 124 valence electrons. The molecule has 1 aliphatic rings. The number of quaternary nitrogens is 1. The number of hydrogen-bond donors (Lipinski definition) is 2. The Morgan fingerprint density at radius 3 is 2.48 bits per heavy atom. The van der Waals surface area contributed by atoms with Gasteiger partial charge in [0.25, 0.3) is 5.91 Å². The highest BCUT2D eigenvalue weighted by molar-refractivity contribution is 5.78. The lowest BCUT2D eigenvalue weighted by molar-refractivity contribution is -0.885. The summed E-state index contributed by atoms with van der Waals surface area (Å²) in [5.74, 6) is 0.263. The number of carbonyl (C=O) groups excluding carboxylic acids is 1. The smallest absolute Gasteiger partial charge is 0.276 e. The molecule has 1 amide bonds. The van der Waals surface area contributed by atoms with E-state index in [2.05, 4.69) is 40.6 Å². The maximum Gasteiger partial charge on any atom is 0.276 e. The molecule has 2 N–H and O–H groups in total. The van der Waals surface area contributed by atoms with Crippen molar-refractivity contribution in [1.82, 2.24) is 5.32 Å². The summed E-state index contributed by atoms with van der Waals surface area (Å²) >= 11 is 0. The van der Waals surface area contributed by atoms with Gasteiger partial charge in [0.1, 0.15) is 12.1 Å². The molecule has 1 aromatic rings. The molecule has 1 aromatic carbocycles. The molecule has 5 heteroatoms. The fraction of sp³-hybridized carbons (Fsp3) is 0.556. The Bertz CT molecular complexity index is 586. The van der Waals surface area contributed by atoms with Crippen LogP contribution in [0.2, 0.25) is 0 Å². The third-order valence-electron chi connectivity index (χ3n) is 4.45. The number of carbonyl (C=O) groups is 1. The molecule has 0 heterocycles. The topological polar surface area (TPSA) is 60.6 Å². The highest BCUT2D eigenvalue weighted by atomic mass is 16.2.